The molecule has 2 aromatic heterocycles. The van der Waals surface area contributed by atoms with Crippen LogP contribution >= 0.6 is 11.8 Å². The Morgan fingerprint density at radius 1 is 1.19 bits per heavy atom. The van der Waals surface area contributed by atoms with E-state index in [2.05, 4.69) is 20.3 Å². The van der Waals surface area contributed by atoms with E-state index in [1.165, 1.54) is 30.5 Å². The van der Waals surface area contributed by atoms with Crippen molar-refractivity contribution in [2.75, 3.05) is 5.75 Å². The van der Waals surface area contributed by atoms with Gasteiger partial charge in [0.2, 0.25) is 5.91 Å². The van der Waals surface area contributed by atoms with Crippen molar-refractivity contribution in [1.29, 1.82) is 0 Å². The highest BCUT2D eigenvalue weighted by molar-refractivity contribution is 7.99. The predicted octanol–water partition coefficient (Wildman–Crippen LogP) is 2.98. The normalized spacial score (nSPS) is 10.8. The molecule has 0 radical (unpaired) electrons. The highest BCUT2D eigenvalue weighted by Crippen LogP contribution is 2.23. The molecule has 11 heteroatoms. The monoisotopic (exact) mass is 395 g/mol. The molecule has 0 unspecified atom stereocenters. The van der Waals surface area contributed by atoms with Gasteiger partial charge in [-0.05, 0) is 36.4 Å². The molecule has 1 aromatic carbocycles. The highest BCUT2D eigenvalue weighted by Gasteiger charge is 2.15. The maximum Gasteiger partial charge on any atom is 0.387 e. The molecule has 0 saturated carbocycles. The summed E-state index contributed by atoms with van der Waals surface area (Å²) in [6.07, 6.45) is 1.46. The maximum atomic E-state index is 12.1. The molecule has 3 aromatic rings. The zero-order valence-electron chi connectivity index (χ0n) is 13.4. The molecule has 0 aliphatic carbocycles. The van der Waals surface area contributed by atoms with Crippen molar-refractivity contribution >= 4 is 23.6 Å². The number of rotatable bonds is 7. The Morgan fingerprint density at radius 2 is 1.96 bits per heavy atom. The number of hydrogen-bond acceptors (Lipinski definition) is 8. The van der Waals surface area contributed by atoms with Gasteiger partial charge in [0.05, 0.1) is 12.0 Å². The number of imide groups is 1. The molecule has 3 rings (SSSR count). The van der Waals surface area contributed by atoms with E-state index in [-0.39, 0.29) is 28.2 Å². The number of hydrogen-bond donors (Lipinski definition) is 1. The van der Waals surface area contributed by atoms with Crippen LogP contribution in [0.25, 0.3) is 11.7 Å². The van der Waals surface area contributed by atoms with Crippen LogP contribution in [0.2, 0.25) is 0 Å². The average Bonchev–Trinajstić information content (AvgIpc) is 3.31. The fourth-order valence-corrected chi connectivity index (χ4v) is 2.48. The van der Waals surface area contributed by atoms with Crippen molar-refractivity contribution in [3.63, 3.8) is 0 Å². The number of nitrogens with zero attached hydrogens (tertiary/aromatic N) is 2. The number of ether oxygens (including phenoxy) is 1. The second-order valence-electron chi connectivity index (χ2n) is 4.92. The summed E-state index contributed by atoms with van der Waals surface area (Å²) in [6.45, 7) is -2.96. The molecular weight excluding hydrogens is 384 g/mol. The van der Waals surface area contributed by atoms with Gasteiger partial charge in [0, 0.05) is 5.56 Å². The number of alkyl halides is 2. The first-order chi connectivity index (χ1) is 13.0. The van der Waals surface area contributed by atoms with Gasteiger partial charge < -0.3 is 13.6 Å². The molecule has 0 aliphatic heterocycles. The van der Waals surface area contributed by atoms with Crippen molar-refractivity contribution in [3.05, 3.63) is 48.2 Å². The van der Waals surface area contributed by atoms with Gasteiger partial charge in [0.1, 0.15) is 5.75 Å². The number of amides is 2. The maximum absolute atomic E-state index is 12.1. The van der Waals surface area contributed by atoms with E-state index in [1.54, 1.807) is 12.1 Å². The Bertz CT molecular complexity index is 913. The molecule has 27 heavy (non-hydrogen) atoms. The standard InChI is InChI=1S/C16H11F2N3O5S/c17-15(18)25-10-5-3-9(4-6-10)13(23)19-12(22)8-27-16-21-20-14(26-16)11-2-1-7-24-11/h1-7,15H,8H2,(H,19,22,23). The number of thioether (sulfide) groups is 1. The highest BCUT2D eigenvalue weighted by atomic mass is 32.2. The van der Waals surface area contributed by atoms with Gasteiger partial charge in [-0.25, -0.2) is 0 Å². The van der Waals surface area contributed by atoms with Crippen LogP contribution in [0.1, 0.15) is 10.4 Å². The smallest absolute Gasteiger partial charge is 0.387 e. The SMILES string of the molecule is O=C(CSc1nnc(-c2ccco2)o1)NC(=O)c1ccc(OC(F)F)cc1. The number of aromatic nitrogens is 2. The topological polar surface area (TPSA) is 107 Å². The molecule has 0 atom stereocenters. The van der Waals surface area contributed by atoms with E-state index in [0.29, 0.717) is 5.76 Å². The van der Waals surface area contributed by atoms with Crippen molar-refractivity contribution in [1.82, 2.24) is 15.5 Å². The first-order valence-corrected chi connectivity index (χ1v) is 8.39. The second kappa shape index (κ2) is 8.45. The predicted molar refractivity (Wildman–Crippen MR) is 88.3 cm³/mol. The van der Waals surface area contributed by atoms with E-state index >= 15 is 0 Å². The van der Waals surface area contributed by atoms with Crippen LogP contribution < -0.4 is 10.1 Å². The van der Waals surface area contributed by atoms with E-state index in [4.69, 9.17) is 8.83 Å². The largest absolute Gasteiger partial charge is 0.459 e. The molecule has 0 aliphatic rings. The van der Waals surface area contributed by atoms with Crippen LogP contribution in [0, 0.1) is 0 Å². The fraction of sp³-hybridized carbons (Fsp3) is 0.125. The number of carbonyl (C=O) groups is 2. The van der Waals surface area contributed by atoms with E-state index < -0.39 is 18.4 Å². The molecule has 0 bridgehead atoms. The summed E-state index contributed by atoms with van der Waals surface area (Å²) < 4.78 is 38.8. The number of carbonyl (C=O) groups excluding carboxylic acids is 2. The quantitative estimate of drug-likeness (QED) is 0.609. The lowest BCUT2D eigenvalue weighted by Gasteiger charge is -2.06. The van der Waals surface area contributed by atoms with Gasteiger partial charge in [-0.15, -0.1) is 10.2 Å². The molecule has 140 valence electrons. The molecule has 2 amide bonds. The molecule has 2 heterocycles. The summed E-state index contributed by atoms with van der Waals surface area (Å²) in [4.78, 5) is 23.8. The van der Waals surface area contributed by atoms with E-state index in [9.17, 15) is 18.4 Å². The third-order valence-electron chi connectivity index (χ3n) is 3.06. The summed E-state index contributed by atoms with van der Waals surface area (Å²) in [5.74, 6) is -0.926. The first-order valence-electron chi connectivity index (χ1n) is 7.40. The van der Waals surface area contributed by atoms with Gasteiger partial charge in [-0.3, -0.25) is 14.9 Å². The van der Waals surface area contributed by atoms with Gasteiger partial charge in [0.15, 0.2) is 5.76 Å². The second-order valence-corrected chi connectivity index (χ2v) is 5.85. The molecule has 0 saturated heterocycles. The van der Waals surface area contributed by atoms with Crippen LogP contribution in [-0.4, -0.2) is 34.4 Å². The summed E-state index contributed by atoms with van der Waals surface area (Å²) in [5, 5.41) is 9.84. The summed E-state index contributed by atoms with van der Waals surface area (Å²) in [7, 11) is 0. The average molecular weight is 395 g/mol. The zero-order valence-corrected chi connectivity index (χ0v) is 14.2. The van der Waals surface area contributed by atoms with Gasteiger partial charge in [-0.1, -0.05) is 11.8 Å². The Balaban J connectivity index is 1.49. The number of halogens is 2. The van der Waals surface area contributed by atoms with Crippen molar-refractivity contribution in [2.24, 2.45) is 0 Å². The third-order valence-corrected chi connectivity index (χ3v) is 3.88. The van der Waals surface area contributed by atoms with Crippen LogP contribution in [0.3, 0.4) is 0 Å². The van der Waals surface area contributed by atoms with Crippen molar-refractivity contribution < 1.29 is 31.9 Å². The minimum atomic E-state index is -2.96. The lowest BCUT2D eigenvalue weighted by atomic mass is 10.2. The summed E-state index contributed by atoms with van der Waals surface area (Å²) in [5.41, 5.74) is 0.118. The lowest BCUT2D eigenvalue weighted by Crippen LogP contribution is -2.31. The fourth-order valence-electron chi connectivity index (χ4n) is 1.92. The van der Waals surface area contributed by atoms with Crippen LogP contribution in [0.4, 0.5) is 8.78 Å². The molecule has 1 N–H and O–H groups in total. The van der Waals surface area contributed by atoms with Gasteiger partial charge in [0.25, 0.3) is 17.0 Å². The molecule has 0 fully saturated rings. The Hall–Kier alpha value is -3.21. The zero-order chi connectivity index (χ0) is 19.2. The Kier molecular flexibility index (Phi) is 5.81. The van der Waals surface area contributed by atoms with E-state index in [1.807, 2.05) is 0 Å². The van der Waals surface area contributed by atoms with E-state index in [0.717, 1.165) is 11.8 Å². The first kappa shape index (κ1) is 18.6. The molecule has 8 nitrogen and oxygen atoms in total. The molecule has 0 spiro atoms. The number of nitrogens with one attached hydrogen (secondary N) is 1. The van der Waals surface area contributed by atoms with Crippen LogP contribution in [0.5, 0.6) is 5.75 Å². The van der Waals surface area contributed by atoms with Crippen LogP contribution in [0.15, 0.2) is 56.7 Å². The van der Waals surface area contributed by atoms with Crippen molar-refractivity contribution in [3.8, 4) is 17.4 Å². The minimum absolute atomic E-state index is 0.0906. The third kappa shape index (κ3) is 5.14. The number of furan rings is 1. The number of benzene rings is 1. The minimum Gasteiger partial charge on any atom is -0.459 e. The summed E-state index contributed by atoms with van der Waals surface area (Å²) in [6, 6.07) is 8.24. The van der Waals surface area contributed by atoms with Crippen molar-refractivity contribution in [2.45, 2.75) is 11.8 Å². The lowest BCUT2D eigenvalue weighted by molar-refractivity contribution is -0.117. The Morgan fingerprint density at radius 3 is 2.63 bits per heavy atom. The van der Waals surface area contributed by atoms with Gasteiger partial charge in [-0.2, -0.15) is 8.78 Å². The summed E-state index contributed by atoms with van der Waals surface area (Å²) >= 11 is 0.944. The van der Waals surface area contributed by atoms with Crippen LogP contribution in [-0.2, 0) is 4.79 Å². The van der Waals surface area contributed by atoms with Gasteiger partial charge >= 0.3 is 6.61 Å². The Labute approximate surface area is 154 Å². The molecular formula is C16H11F2N3O5S.